The third-order valence-corrected chi connectivity index (χ3v) is 5.71. The largest absolute Gasteiger partial charge is 0.350 e. The van der Waals surface area contributed by atoms with Crippen LogP contribution in [0.25, 0.3) is 0 Å². The van der Waals surface area contributed by atoms with Gasteiger partial charge in [0.1, 0.15) is 6.04 Å². The van der Waals surface area contributed by atoms with E-state index in [1.807, 2.05) is 113 Å². The van der Waals surface area contributed by atoms with Gasteiger partial charge in [0.05, 0.1) is 0 Å². The molecule has 0 saturated heterocycles. The van der Waals surface area contributed by atoms with Gasteiger partial charge in [-0.1, -0.05) is 90.5 Å². The second-order valence-corrected chi connectivity index (χ2v) is 9.94. The van der Waals surface area contributed by atoms with Gasteiger partial charge in [-0.3, -0.25) is 9.59 Å². The molecule has 3 aromatic rings. The first-order valence-corrected chi connectivity index (χ1v) is 12.0. The monoisotopic (exact) mass is 456 g/mol. The van der Waals surface area contributed by atoms with Crippen LogP contribution in [-0.2, 0) is 29.0 Å². The molecule has 0 spiro atoms. The smallest absolute Gasteiger partial charge is 0.243 e. The van der Waals surface area contributed by atoms with E-state index in [4.69, 9.17) is 0 Å². The molecule has 1 atom stereocenters. The molecule has 0 fully saturated rings. The average Bonchev–Trinajstić information content (AvgIpc) is 2.81. The van der Waals surface area contributed by atoms with Crippen molar-refractivity contribution in [3.63, 3.8) is 0 Å². The molecule has 4 nitrogen and oxygen atoms in total. The summed E-state index contributed by atoms with van der Waals surface area (Å²) in [6, 6.07) is 27.5. The van der Waals surface area contributed by atoms with Gasteiger partial charge in [-0.15, -0.1) is 0 Å². The first-order chi connectivity index (χ1) is 16.2. The summed E-state index contributed by atoms with van der Waals surface area (Å²) in [6.45, 7) is 8.33. The second kappa shape index (κ2) is 11.6. The number of rotatable bonds is 9. The standard InChI is InChI=1S/C30H36N2O2/c1-23-15-17-26(18-16-23)22-32(28(33)20-19-24-11-7-5-8-12-24)27(29(34)31-30(2,3)4)21-25-13-9-6-10-14-25/h5-18,27H,19-22H2,1-4H3,(H,31,34)/t27-/m1/s1. The number of hydrogen-bond acceptors (Lipinski definition) is 2. The van der Waals surface area contributed by atoms with Gasteiger partial charge in [0.2, 0.25) is 11.8 Å². The number of carbonyl (C=O) groups is 2. The lowest BCUT2D eigenvalue weighted by atomic mass is 9.99. The van der Waals surface area contributed by atoms with Crippen molar-refractivity contribution in [1.82, 2.24) is 10.2 Å². The Bertz CT molecular complexity index is 1050. The fourth-order valence-electron chi connectivity index (χ4n) is 3.94. The van der Waals surface area contributed by atoms with Crippen molar-refractivity contribution in [1.29, 1.82) is 0 Å². The highest BCUT2D eigenvalue weighted by molar-refractivity contribution is 5.88. The molecule has 0 aliphatic carbocycles. The minimum atomic E-state index is -0.605. The maximum absolute atomic E-state index is 13.6. The van der Waals surface area contributed by atoms with Gasteiger partial charge in [0, 0.05) is 24.9 Å². The van der Waals surface area contributed by atoms with E-state index < -0.39 is 11.6 Å². The molecular weight excluding hydrogens is 420 g/mol. The lowest BCUT2D eigenvalue weighted by Gasteiger charge is -2.34. The summed E-state index contributed by atoms with van der Waals surface area (Å²) in [5.41, 5.74) is 3.93. The van der Waals surface area contributed by atoms with Crippen molar-refractivity contribution >= 4 is 11.8 Å². The van der Waals surface area contributed by atoms with Crippen LogP contribution in [0.5, 0.6) is 0 Å². The van der Waals surface area contributed by atoms with Gasteiger partial charge in [-0.25, -0.2) is 0 Å². The topological polar surface area (TPSA) is 49.4 Å². The van der Waals surface area contributed by atoms with E-state index >= 15 is 0 Å². The molecule has 178 valence electrons. The molecule has 4 heteroatoms. The van der Waals surface area contributed by atoms with Gasteiger partial charge in [0.25, 0.3) is 0 Å². The number of carbonyl (C=O) groups excluding carboxylic acids is 2. The van der Waals surface area contributed by atoms with Crippen LogP contribution in [0, 0.1) is 6.92 Å². The number of hydrogen-bond donors (Lipinski definition) is 1. The molecule has 0 aliphatic rings. The maximum Gasteiger partial charge on any atom is 0.243 e. The van der Waals surface area contributed by atoms with Crippen molar-refractivity contribution < 1.29 is 9.59 Å². The van der Waals surface area contributed by atoms with Crippen LogP contribution in [0.1, 0.15) is 49.4 Å². The number of nitrogens with one attached hydrogen (secondary N) is 1. The summed E-state index contributed by atoms with van der Waals surface area (Å²) >= 11 is 0. The number of nitrogens with zero attached hydrogens (tertiary/aromatic N) is 1. The highest BCUT2D eigenvalue weighted by Crippen LogP contribution is 2.18. The lowest BCUT2D eigenvalue weighted by Crippen LogP contribution is -2.54. The second-order valence-electron chi connectivity index (χ2n) is 9.94. The predicted molar refractivity (Wildman–Crippen MR) is 138 cm³/mol. The molecule has 2 amide bonds. The molecule has 3 aromatic carbocycles. The summed E-state index contributed by atoms with van der Waals surface area (Å²) in [6.07, 6.45) is 1.46. The minimum Gasteiger partial charge on any atom is -0.350 e. The van der Waals surface area contributed by atoms with Crippen LogP contribution in [0.15, 0.2) is 84.9 Å². The van der Waals surface area contributed by atoms with Crippen LogP contribution in [0.2, 0.25) is 0 Å². The molecule has 1 N–H and O–H groups in total. The van der Waals surface area contributed by atoms with E-state index in [1.54, 1.807) is 4.90 Å². The minimum absolute atomic E-state index is 0.0191. The van der Waals surface area contributed by atoms with Crippen molar-refractivity contribution in [3.05, 3.63) is 107 Å². The number of aryl methyl sites for hydroxylation is 2. The van der Waals surface area contributed by atoms with E-state index in [9.17, 15) is 9.59 Å². The first kappa shape index (κ1) is 25.2. The van der Waals surface area contributed by atoms with Crippen LogP contribution >= 0.6 is 0 Å². The van der Waals surface area contributed by atoms with Crippen molar-refractivity contribution in [2.75, 3.05) is 0 Å². The molecule has 0 radical (unpaired) electrons. The SMILES string of the molecule is Cc1ccc(CN(C(=O)CCc2ccccc2)[C@H](Cc2ccccc2)C(=O)NC(C)(C)C)cc1. The maximum atomic E-state index is 13.6. The Hall–Kier alpha value is -3.40. The van der Waals surface area contributed by atoms with Gasteiger partial charge >= 0.3 is 0 Å². The normalized spacial score (nSPS) is 12.1. The van der Waals surface area contributed by atoms with Gasteiger partial charge < -0.3 is 10.2 Å². The fourth-order valence-corrected chi connectivity index (χ4v) is 3.94. The zero-order valence-corrected chi connectivity index (χ0v) is 20.8. The Morgan fingerprint density at radius 1 is 0.794 bits per heavy atom. The van der Waals surface area contributed by atoms with E-state index in [2.05, 4.69) is 5.32 Å². The summed E-state index contributed by atoms with van der Waals surface area (Å²) in [5, 5.41) is 3.11. The van der Waals surface area contributed by atoms with Crippen LogP contribution in [0.4, 0.5) is 0 Å². The first-order valence-electron chi connectivity index (χ1n) is 12.0. The zero-order valence-electron chi connectivity index (χ0n) is 20.8. The molecule has 0 aliphatic heterocycles. The molecule has 34 heavy (non-hydrogen) atoms. The molecular formula is C30H36N2O2. The molecule has 3 rings (SSSR count). The Morgan fingerprint density at radius 3 is 1.91 bits per heavy atom. The predicted octanol–water partition coefficient (Wildman–Crippen LogP) is 5.48. The number of benzene rings is 3. The van der Waals surface area contributed by atoms with Crippen LogP contribution in [-0.4, -0.2) is 28.3 Å². The molecule has 0 saturated carbocycles. The lowest BCUT2D eigenvalue weighted by molar-refractivity contribution is -0.141. The zero-order chi connectivity index (χ0) is 24.6. The molecule has 0 unspecified atom stereocenters. The summed E-state index contributed by atoms with van der Waals surface area (Å²) in [7, 11) is 0. The van der Waals surface area contributed by atoms with Crippen molar-refractivity contribution in [3.8, 4) is 0 Å². The van der Waals surface area contributed by atoms with Gasteiger partial charge in [0.15, 0.2) is 0 Å². The average molecular weight is 457 g/mol. The highest BCUT2D eigenvalue weighted by atomic mass is 16.2. The van der Waals surface area contributed by atoms with Gasteiger partial charge in [-0.2, -0.15) is 0 Å². The Kier molecular flexibility index (Phi) is 8.64. The third-order valence-electron chi connectivity index (χ3n) is 5.71. The third kappa shape index (κ3) is 7.87. The summed E-state index contributed by atoms with van der Waals surface area (Å²) < 4.78 is 0. The van der Waals surface area contributed by atoms with Crippen LogP contribution < -0.4 is 5.32 Å². The molecule has 0 bridgehead atoms. The van der Waals surface area contributed by atoms with E-state index in [0.717, 1.165) is 22.3 Å². The summed E-state index contributed by atoms with van der Waals surface area (Å²) in [4.78, 5) is 28.9. The Morgan fingerprint density at radius 2 is 1.35 bits per heavy atom. The van der Waals surface area contributed by atoms with Crippen LogP contribution in [0.3, 0.4) is 0 Å². The number of amides is 2. The summed E-state index contributed by atoms with van der Waals surface area (Å²) in [5.74, 6) is -0.147. The van der Waals surface area contributed by atoms with E-state index in [1.165, 1.54) is 0 Å². The molecule has 0 heterocycles. The Balaban J connectivity index is 1.91. The van der Waals surface area contributed by atoms with Crippen molar-refractivity contribution in [2.24, 2.45) is 0 Å². The van der Waals surface area contributed by atoms with Gasteiger partial charge in [-0.05, 0) is 50.8 Å². The van der Waals surface area contributed by atoms with E-state index in [0.29, 0.717) is 25.8 Å². The quantitative estimate of drug-likeness (QED) is 0.463. The highest BCUT2D eigenvalue weighted by Gasteiger charge is 2.32. The van der Waals surface area contributed by atoms with Crippen molar-refractivity contribution in [2.45, 2.75) is 65.1 Å². The Labute approximate surface area is 204 Å². The van der Waals surface area contributed by atoms with E-state index in [-0.39, 0.29) is 11.8 Å². The fraction of sp³-hybridized carbons (Fsp3) is 0.333. The molecule has 0 aromatic heterocycles.